The Bertz CT molecular complexity index is 396. The summed E-state index contributed by atoms with van der Waals surface area (Å²) in [6.07, 6.45) is 0.408. The van der Waals surface area contributed by atoms with Crippen LogP contribution in [-0.2, 0) is 16.0 Å². The van der Waals surface area contributed by atoms with E-state index >= 15 is 0 Å². The van der Waals surface area contributed by atoms with Gasteiger partial charge in [-0.3, -0.25) is 10.2 Å². The third-order valence-corrected chi connectivity index (χ3v) is 2.22. The Balaban J connectivity index is 0. The van der Waals surface area contributed by atoms with Crippen molar-refractivity contribution in [2.75, 3.05) is 7.11 Å². The zero-order valence-corrected chi connectivity index (χ0v) is 11.5. The van der Waals surface area contributed by atoms with Crippen molar-refractivity contribution in [3.05, 3.63) is 35.4 Å². The number of rotatable bonds is 4. The molecule has 0 aliphatic rings. The number of nitrogens with two attached hydrogens (primary N) is 2. The highest BCUT2D eigenvalue weighted by Crippen LogP contribution is 2.06. The summed E-state index contributed by atoms with van der Waals surface area (Å²) < 4.78 is 4.53. The van der Waals surface area contributed by atoms with Crippen LogP contribution in [-0.4, -0.2) is 25.0 Å². The van der Waals surface area contributed by atoms with Gasteiger partial charge in [0.1, 0.15) is 11.9 Å². The Kier molecular flexibility index (Phi) is 9.25. The minimum atomic E-state index is -0.659. The predicted molar refractivity (Wildman–Crippen MR) is 75.6 cm³/mol. The van der Waals surface area contributed by atoms with E-state index in [-0.39, 0.29) is 30.6 Å². The molecule has 0 bridgehead atoms. The van der Waals surface area contributed by atoms with Gasteiger partial charge in [-0.25, -0.2) is 0 Å². The van der Waals surface area contributed by atoms with Crippen molar-refractivity contribution >= 4 is 36.6 Å². The van der Waals surface area contributed by atoms with Crippen molar-refractivity contribution < 1.29 is 9.53 Å². The first kappa shape index (κ1) is 19.0. The molecule has 1 unspecified atom stereocenters. The van der Waals surface area contributed by atoms with Crippen LogP contribution in [0.25, 0.3) is 0 Å². The number of methoxy groups -OCH3 is 1. The number of hydrogen-bond donors (Lipinski definition) is 3. The van der Waals surface area contributed by atoms with Crippen LogP contribution in [0.2, 0.25) is 0 Å². The zero-order valence-electron chi connectivity index (χ0n) is 9.88. The van der Waals surface area contributed by atoms with Gasteiger partial charge in [0.25, 0.3) is 0 Å². The van der Waals surface area contributed by atoms with E-state index in [1.165, 1.54) is 7.11 Å². The quantitative estimate of drug-likeness (QED) is 0.435. The van der Waals surface area contributed by atoms with Crippen molar-refractivity contribution in [3.8, 4) is 0 Å². The van der Waals surface area contributed by atoms with Crippen LogP contribution in [0, 0.1) is 5.41 Å². The molecule has 0 aliphatic carbocycles. The SMILES string of the molecule is COC(=O)C(N)Cc1ccc(C(=N)N)cc1.Cl.Cl. The summed E-state index contributed by atoms with van der Waals surface area (Å²) in [5.74, 6) is -0.417. The number of ether oxygens (including phenoxy) is 1. The Morgan fingerprint density at radius 2 is 1.83 bits per heavy atom. The molecule has 5 N–H and O–H groups in total. The van der Waals surface area contributed by atoms with Crippen LogP contribution in [0.1, 0.15) is 11.1 Å². The summed E-state index contributed by atoms with van der Waals surface area (Å²) in [7, 11) is 1.31. The number of amidine groups is 1. The van der Waals surface area contributed by atoms with E-state index in [0.29, 0.717) is 12.0 Å². The summed E-state index contributed by atoms with van der Waals surface area (Å²) in [4.78, 5) is 11.1. The summed E-state index contributed by atoms with van der Waals surface area (Å²) in [6, 6.07) is 6.37. The third-order valence-electron chi connectivity index (χ3n) is 2.22. The lowest BCUT2D eigenvalue weighted by molar-refractivity contribution is -0.142. The molecule has 0 amide bonds. The van der Waals surface area contributed by atoms with Gasteiger partial charge >= 0.3 is 5.97 Å². The number of nitrogens with one attached hydrogen (secondary N) is 1. The second kappa shape index (κ2) is 8.74. The van der Waals surface area contributed by atoms with Crippen LogP contribution in [0.4, 0.5) is 0 Å². The fourth-order valence-electron chi connectivity index (χ4n) is 1.31. The molecule has 0 radical (unpaired) electrons. The molecular weight excluding hydrogens is 277 g/mol. The molecule has 5 nitrogen and oxygen atoms in total. The molecule has 0 saturated heterocycles. The van der Waals surface area contributed by atoms with Crippen molar-refractivity contribution in [2.24, 2.45) is 11.5 Å². The van der Waals surface area contributed by atoms with E-state index in [0.717, 1.165) is 5.56 Å². The van der Waals surface area contributed by atoms with E-state index in [1.807, 2.05) is 0 Å². The van der Waals surface area contributed by atoms with Gasteiger partial charge in [-0.2, -0.15) is 0 Å². The van der Waals surface area contributed by atoms with Gasteiger partial charge in [-0.05, 0) is 12.0 Å². The van der Waals surface area contributed by atoms with Crippen LogP contribution in [0.15, 0.2) is 24.3 Å². The number of halogens is 2. The zero-order chi connectivity index (χ0) is 12.1. The van der Waals surface area contributed by atoms with Gasteiger partial charge in [0.15, 0.2) is 0 Å². The lowest BCUT2D eigenvalue weighted by atomic mass is 10.0. The maximum Gasteiger partial charge on any atom is 0.322 e. The number of nitrogen functional groups attached to an aromatic ring is 1. The van der Waals surface area contributed by atoms with Gasteiger partial charge in [0, 0.05) is 5.56 Å². The van der Waals surface area contributed by atoms with Crippen molar-refractivity contribution in [1.29, 1.82) is 5.41 Å². The number of carbonyl (C=O) groups is 1. The average Bonchev–Trinajstić information content (AvgIpc) is 2.28. The molecule has 1 aromatic carbocycles. The molecule has 102 valence electrons. The molecule has 0 aliphatic heterocycles. The van der Waals surface area contributed by atoms with Crippen LogP contribution >= 0.6 is 24.8 Å². The average molecular weight is 294 g/mol. The fraction of sp³-hybridized carbons (Fsp3) is 0.273. The minimum absolute atomic E-state index is 0. The monoisotopic (exact) mass is 293 g/mol. The number of esters is 1. The highest BCUT2D eigenvalue weighted by Gasteiger charge is 2.13. The summed E-state index contributed by atoms with van der Waals surface area (Å²) >= 11 is 0. The minimum Gasteiger partial charge on any atom is -0.468 e. The maximum atomic E-state index is 11.1. The van der Waals surface area contributed by atoms with Crippen LogP contribution in [0.5, 0.6) is 0 Å². The molecule has 0 aromatic heterocycles. The van der Waals surface area contributed by atoms with Crippen molar-refractivity contribution in [1.82, 2.24) is 0 Å². The Labute approximate surface area is 118 Å². The highest BCUT2D eigenvalue weighted by atomic mass is 35.5. The van der Waals surface area contributed by atoms with E-state index in [1.54, 1.807) is 24.3 Å². The Hall–Kier alpha value is -1.30. The lowest BCUT2D eigenvalue weighted by Crippen LogP contribution is -2.33. The molecule has 0 fully saturated rings. The lowest BCUT2D eigenvalue weighted by Gasteiger charge is -2.09. The van der Waals surface area contributed by atoms with Gasteiger partial charge in [-0.15, -0.1) is 24.8 Å². The smallest absolute Gasteiger partial charge is 0.322 e. The van der Waals surface area contributed by atoms with E-state index in [2.05, 4.69) is 4.74 Å². The van der Waals surface area contributed by atoms with Gasteiger partial charge < -0.3 is 16.2 Å². The van der Waals surface area contributed by atoms with E-state index in [9.17, 15) is 4.79 Å². The fourth-order valence-corrected chi connectivity index (χ4v) is 1.31. The largest absolute Gasteiger partial charge is 0.468 e. The highest BCUT2D eigenvalue weighted by molar-refractivity contribution is 5.94. The maximum absolute atomic E-state index is 11.1. The first-order valence-electron chi connectivity index (χ1n) is 4.81. The molecule has 1 rings (SSSR count). The Morgan fingerprint density at radius 1 is 1.33 bits per heavy atom. The number of benzene rings is 1. The van der Waals surface area contributed by atoms with E-state index < -0.39 is 12.0 Å². The van der Waals surface area contributed by atoms with Crippen LogP contribution < -0.4 is 11.5 Å². The second-order valence-electron chi connectivity index (χ2n) is 3.44. The topological polar surface area (TPSA) is 102 Å². The third kappa shape index (κ3) is 5.35. The normalized spacial score (nSPS) is 10.6. The van der Waals surface area contributed by atoms with Crippen molar-refractivity contribution in [2.45, 2.75) is 12.5 Å². The summed E-state index contributed by atoms with van der Waals surface area (Å²) in [5.41, 5.74) is 12.5. The first-order valence-corrected chi connectivity index (χ1v) is 4.81. The standard InChI is InChI=1S/C11H15N3O2.2ClH/c1-16-11(15)9(12)6-7-2-4-8(5-3-7)10(13)14;;/h2-5,9H,6,12H2,1H3,(H3,13,14);2*1H. The molecule has 1 aromatic rings. The van der Waals surface area contributed by atoms with Gasteiger partial charge in [0.05, 0.1) is 7.11 Å². The molecule has 0 heterocycles. The number of carbonyl (C=O) groups excluding carboxylic acids is 1. The summed E-state index contributed by atoms with van der Waals surface area (Å²) in [5, 5.41) is 7.22. The van der Waals surface area contributed by atoms with Crippen LogP contribution in [0.3, 0.4) is 0 Å². The molecule has 1 atom stereocenters. The molecule has 7 heteroatoms. The van der Waals surface area contributed by atoms with Gasteiger partial charge in [-0.1, -0.05) is 24.3 Å². The number of hydrogen-bond acceptors (Lipinski definition) is 4. The molecule has 0 spiro atoms. The van der Waals surface area contributed by atoms with E-state index in [4.69, 9.17) is 16.9 Å². The Morgan fingerprint density at radius 3 is 2.22 bits per heavy atom. The molecule has 0 saturated carbocycles. The van der Waals surface area contributed by atoms with Crippen molar-refractivity contribution in [3.63, 3.8) is 0 Å². The first-order chi connectivity index (χ1) is 7.54. The summed E-state index contributed by atoms with van der Waals surface area (Å²) in [6.45, 7) is 0. The van der Waals surface area contributed by atoms with Gasteiger partial charge in [0.2, 0.25) is 0 Å². The second-order valence-corrected chi connectivity index (χ2v) is 3.44. The molecular formula is C11H17Cl2N3O2. The predicted octanol–water partition coefficient (Wildman–Crippen LogP) is 0.857. The molecule has 18 heavy (non-hydrogen) atoms.